The second-order valence-electron chi connectivity index (χ2n) is 6.80. The normalized spacial score (nSPS) is 20.8. The first kappa shape index (κ1) is 15.0. The van der Waals surface area contributed by atoms with Crippen molar-refractivity contribution in [1.82, 2.24) is 9.80 Å². The summed E-state index contributed by atoms with van der Waals surface area (Å²) >= 11 is 1.90. The Morgan fingerprint density at radius 2 is 2.10 bits per heavy atom. The van der Waals surface area contributed by atoms with E-state index >= 15 is 0 Å². The van der Waals surface area contributed by atoms with E-state index in [0.29, 0.717) is 24.3 Å². The monoisotopic (exact) mass is 306 g/mol. The first-order valence-electron chi connectivity index (χ1n) is 8.20. The number of rotatable bonds is 3. The van der Waals surface area contributed by atoms with Gasteiger partial charge in [-0.15, -0.1) is 11.3 Å². The van der Waals surface area contributed by atoms with Crippen LogP contribution in [0.3, 0.4) is 0 Å². The van der Waals surface area contributed by atoms with E-state index in [9.17, 15) is 4.79 Å². The van der Waals surface area contributed by atoms with Gasteiger partial charge in [0.15, 0.2) is 0 Å². The van der Waals surface area contributed by atoms with Gasteiger partial charge in [-0.25, -0.2) is 0 Å². The van der Waals surface area contributed by atoms with Crippen molar-refractivity contribution in [3.8, 4) is 0 Å². The molecule has 2 aliphatic rings. The highest BCUT2D eigenvalue weighted by atomic mass is 32.1. The predicted octanol–water partition coefficient (Wildman–Crippen LogP) is 3.14. The van der Waals surface area contributed by atoms with Crippen LogP contribution in [0.15, 0.2) is 11.4 Å². The van der Waals surface area contributed by atoms with E-state index in [1.807, 2.05) is 11.3 Å². The third kappa shape index (κ3) is 3.49. The molecule has 21 heavy (non-hydrogen) atoms. The summed E-state index contributed by atoms with van der Waals surface area (Å²) in [5.74, 6) is 0.816. The van der Waals surface area contributed by atoms with E-state index in [1.165, 1.54) is 18.5 Å². The van der Waals surface area contributed by atoms with Crippen LogP contribution < -0.4 is 0 Å². The number of fused-ring (bicyclic) bond motifs is 1. The summed E-state index contributed by atoms with van der Waals surface area (Å²) in [5, 5.41) is 2.22. The molecule has 0 bridgehead atoms. The van der Waals surface area contributed by atoms with Crippen molar-refractivity contribution in [3.05, 3.63) is 21.9 Å². The van der Waals surface area contributed by atoms with E-state index in [1.54, 1.807) is 4.88 Å². The number of carbonyl (C=O) groups excluding carboxylic acids is 1. The lowest BCUT2D eigenvalue weighted by Gasteiger charge is -2.40. The van der Waals surface area contributed by atoms with Gasteiger partial charge in [0.25, 0.3) is 0 Å². The Morgan fingerprint density at radius 3 is 2.81 bits per heavy atom. The maximum atomic E-state index is 12.1. The van der Waals surface area contributed by atoms with Gasteiger partial charge in [-0.2, -0.15) is 0 Å². The molecule has 0 radical (unpaired) electrons. The Morgan fingerprint density at radius 1 is 1.33 bits per heavy atom. The summed E-state index contributed by atoms with van der Waals surface area (Å²) in [6.45, 7) is 8.45. The number of hydrogen-bond donors (Lipinski definition) is 0. The predicted molar refractivity (Wildman–Crippen MR) is 87.5 cm³/mol. The number of thiophene rings is 1. The minimum atomic E-state index is 0.349. The molecule has 1 aromatic rings. The van der Waals surface area contributed by atoms with Crippen LogP contribution >= 0.6 is 11.3 Å². The van der Waals surface area contributed by atoms with Gasteiger partial charge in [-0.05, 0) is 42.2 Å². The zero-order valence-corrected chi connectivity index (χ0v) is 14.0. The third-order valence-corrected chi connectivity index (χ3v) is 5.78. The molecule has 3 heterocycles. The largest absolute Gasteiger partial charge is 0.343 e. The molecule has 3 nitrogen and oxygen atoms in total. The van der Waals surface area contributed by atoms with Gasteiger partial charge in [0.05, 0.1) is 0 Å². The standard InChI is InChI=1S/C17H26N2OS/c1-13(2)11-17(20)18-7-3-15(4-8-18)19-9-5-16-14(12-19)6-10-21-16/h6,10,13,15H,3-5,7-9,11-12H2,1-2H3. The Balaban J connectivity index is 1.51. The summed E-state index contributed by atoms with van der Waals surface area (Å²) < 4.78 is 0. The SMILES string of the molecule is CC(C)CC(=O)N1CCC(N2CCc3sccc3C2)CC1. The van der Waals surface area contributed by atoms with Crippen LogP contribution in [-0.4, -0.2) is 41.4 Å². The molecular weight excluding hydrogens is 280 g/mol. The van der Waals surface area contributed by atoms with Crippen molar-refractivity contribution in [2.45, 2.75) is 52.1 Å². The fraction of sp³-hybridized carbons (Fsp3) is 0.706. The van der Waals surface area contributed by atoms with Crippen LogP contribution in [0.4, 0.5) is 0 Å². The Kier molecular flexibility index (Phi) is 4.65. The molecule has 1 saturated heterocycles. The molecule has 3 rings (SSSR count). The quantitative estimate of drug-likeness (QED) is 0.856. The summed E-state index contributed by atoms with van der Waals surface area (Å²) in [4.78, 5) is 18.4. The van der Waals surface area contributed by atoms with Crippen molar-refractivity contribution >= 4 is 17.2 Å². The van der Waals surface area contributed by atoms with Crippen molar-refractivity contribution in [2.24, 2.45) is 5.92 Å². The second-order valence-corrected chi connectivity index (χ2v) is 7.80. The number of hydrogen-bond acceptors (Lipinski definition) is 3. The lowest BCUT2D eigenvalue weighted by atomic mass is 9.99. The number of nitrogens with zero attached hydrogens (tertiary/aromatic N) is 2. The molecule has 4 heteroatoms. The average molecular weight is 306 g/mol. The van der Waals surface area contributed by atoms with Crippen LogP contribution in [0.2, 0.25) is 0 Å². The molecule has 116 valence electrons. The molecule has 0 spiro atoms. The molecule has 0 unspecified atom stereocenters. The van der Waals surface area contributed by atoms with Crippen LogP contribution in [0, 0.1) is 5.92 Å². The summed E-state index contributed by atoms with van der Waals surface area (Å²) in [6, 6.07) is 2.95. The zero-order chi connectivity index (χ0) is 14.8. The maximum Gasteiger partial charge on any atom is 0.222 e. The molecule has 0 saturated carbocycles. The first-order valence-corrected chi connectivity index (χ1v) is 9.08. The third-order valence-electron chi connectivity index (χ3n) is 4.75. The number of likely N-dealkylation sites (tertiary alicyclic amines) is 1. The Labute approximate surface area is 131 Å². The second kappa shape index (κ2) is 6.49. The van der Waals surface area contributed by atoms with Crippen LogP contribution in [0.1, 0.15) is 43.6 Å². The molecular formula is C17H26N2OS. The van der Waals surface area contributed by atoms with E-state index in [0.717, 1.165) is 32.5 Å². The number of amides is 1. The van der Waals surface area contributed by atoms with E-state index in [2.05, 4.69) is 35.1 Å². The summed E-state index contributed by atoms with van der Waals surface area (Å²) in [6.07, 6.45) is 4.19. The molecule has 0 N–H and O–H groups in total. The minimum Gasteiger partial charge on any atom is -0.343 e. The topological polar surface area (TPSA) is 23.6 Å². The molecule has 0 atom stereocenters. The Hall–Kier alpha value is -0.870. The minimum absolute atomic E-state index is 0.349. The highest BCUT2D eigenvalue weighted by molar-refractivity contribution is 7.10. The van der Waals surface area contributed by atoms with Gasteiger partial charge in [-0.3, -0.25) is 9.69 Å². The molecule has 1 aromatic heterocycles. The smallest absolute Gasteiger partial charge is 0.222 e. The van der Waals surface area contributed by atoms with Crippen molar-refractivity contribution < 1.29 is 4.79 Å². The molecule has 2 aliphatic heterocycles. The van der Waals surface area contributed by atoms with Gasteiger partial charge in [0.1, 0.15) is 0 Å². The summed E-state index contributed by atoms with van der Waals surface area (Å²) in [7, 11) is 0. The van der Waals surface area contributed by atoms with E-state index in [-0.39, 0.29) is 0 Å². The van der Waals surface area contributed by atoms with Gasteiger partial charge < -0.3 is 4.90 Å². The first-order chi connectivity index (χ1) is 10.1. The maximum absolute atomic E-state index is 12.1. The summed E-state index contributed by atoms with van der Waals surface area (Å²) in [5.41, 5.74) is 1.53. The van der Waals surface area contributed by atoms with Crippen molar-refractivity contribution in [3.63, 3.8) is 0 Å². The van der Waals surface area contributed by atoms with Crippen LogP contribution in [-0.2, 0) is 17.8 Å². The molecule has 1 amide bonds. The Bertz CT molecular complexity index is 489. The molecule has 0 aliphatic carbocycles. The average Bonchev–Trinajstić information content (AvgIpc) is 2.94. The lowest BCUT2D eigenvalue weighted by molar-refractivity contribution is -0.133. The lowest BCUT2D eigenvalue weighted by Crippen LogP contribution is -2.48. The zero-order valence-electron chi connectivity index (χ0n) is 13.2. The fourth-order valence-electron chi connectivity index (χ4n) is 3.54. The van der Waals surface area contributed by atoms with Gasteiger partial charge in [0.2, 0.25) is 5.91 Å². The van der Waals surface area contributed by atoms with Gasteiger partial charge in [-0.1, -0.05) is 13.8 Å². The number of piperidine rings is 1. The number of carbonyl (C=O) groups is 1. The highest BCUT2D eigenvalue weighted by Gasteiger charge is 2.29. The van der Waals surface area contributed by atoms with Crippen LogP contribution in [0.25, 0.3) is 0 Å². The van der Waals surface area contributed by atoms with E-state index < -0.39 is 0 Å². The van der Waals surface area contributed by atoms with Gasteiger partial charge >= 0.3 is 0 Å². The van der Waals surface area contributed by atoms with Crippen molar-refractivity contribution in [1.29, 1.82) is 0 Å². The fourth-order valence-corrected chi connectivity index (χ4v) is 4.43. The molecule has 0 aromatic carbocycles. The van der Waals surface area contributed by atoms with Crippen LogP contribution in [0.5, 0.6) is 0 Å². The molecule has 1 fully saturated rings. The van der Waals surface area contributed by atoms with Crippen molar-refractivity contribution in [2.75, 3.05) is 19.6 Å². The van der Waals surface area contributed by atoms with E-state index in [4.69, 9.17) is 0 Å². The van der Waals surface area contributed by atoms with Gasteiger partial charge in [0, 0.05) is 43.5 Å². The highest BCUT2D eigenvalue weighted by Crippen LogP contribution is 2.28.